The lowest BCUT2D eigenvalue weighted by Crippen LogP contribution is -2.48. The minimum Gasteiger partial charge on any atom is -0.459 e. The van der Waals surface area contributed by atoms with Crippen LogP contribution < -0.4 is 5.32 Å². The SMILES string of the molecule is CC1CC(C)CN(C(=S)NC(=O)c2ccco2)C1. The van der Waals surface area contributed by atoms with Crippen molar-refractivity contribution in [3.05, 3.63) is 24.2 Å². The Labute approximate surface area is 112 Å². The molecule has 1 amide bonds. The first-order valence-electron chi connectivity index (χ1n) is 6.20. The molecule has 0 aliphatic carbocycles. The van der Waals surface area contributed by atoms with E-state index >= 15 is 0 Å². The number of carbonyl (C=O) groups excluding carboxylic acids is 1. The van der Waals surface area contributed by atoms with Crippen LogP contribution in [0.15, 0.2) is 22.8 Å². The highest BCUT2D eigenvalue weighted by atomic mass is 32.1. The first-order chi connectivity index (χ1) is 8.56. The number of likely N-dealkylation sites (tertiary alicyclic amines) is 1. The van der Waals surface area contributed by atoms with Crippen LogP contribution in [0.2, 0.25) is 0 Å². The van der Waals surface area contributed by atoms with Gasteiger partial charge in [0.25, 0.3) is 5.91 Å². The van der Waals surface area contributed by atoms with E-state index in [9.17, 15) is 4.79 Å². The summed E-state index contributed by atoms with van der Waals surface area (Å²) in [6, 6.07) is 3.31. The molecule has 18 heavy (non-hydrogen) atoms. The predicted molar refractivity (Wildman–Crippen MR) is 73.3 cm³/mol. The van der Waals surface area contributed by atoms with Crippen LogP contribution in [-0.4, -0.2) is 29.0 Å². The van der Waals surface area contributed by atoms with Gasteiger partial charge in [-0.1, -0.05) is 13.8 Å². The molecule has 2 heterocycles. The van der Waals surface area contributed by atoms with Crippen molar-refractivity contribution in [2.45, 2.75) is 20.3 Å². The summed E-state index contributed by atoms with van der Waals surface area (Å²) in [5.41, 5.74) is 0. The highest BCUT2D eigenvalue weighted by molar-refractivity contribution is 7.80. The van der Waals surface area contributed by atoms with Crippen molar-refractivity contribution in [1.29, 1.82) is 0 Å². The van der Waals surface area contributed by atoms with E-state index in [1.807, 2.05) is 0 Å². The second-order valence-electron chi connectivity index (χ2n) is 5.09. The lowest BCUT2D eigenvalue weighted by molar-refractivity contribution is 0.0942. The lowest BCUT2D eigenvalue weighted by Gasteiger charge is -2.36. The van der Waals surface area contributed by atoms with Gasteiger partial charge in [-0.25, -0.2) is 0 Å². The van der Waals surface area contributed by atoms with E-state index in [2.05, 4.69) is 24.1 Å². The minimum absolute atomic E-state index is 0.282. The van der Waals surface area contributed by atoms with E-state index in [-0.39, 0.29) is 11.7 Å². The number of piperidine rings is 1. The molecule has 98 valence electrons. The molecule has 1 aliphatic heterocycles. The molecule has 0 saturated carbocycles. The van der Waals surface area contributed by atoms with Crippen molar-refractivity contribution in [2.24, 2.45) is 11.8 Å². The third-order valence-corrected chi connectivity index (χ3v) is 3.48. The largest absolute Gasteiger partial charge is 0.459 e. The average molecular weight is 266 g/mol. The number of rotatable bonds is 1. The van der Waals surface area contributed by atoms with E-state index in [1.54, 1.807) is 12.1 Å². The summed E-state index contributed by atoms with van der Waals surface area (Å²) >= 11 is 5.28. The zero-order valence-electron chi connectivity index (χ0n) is 10.7. The van der Waals surface area contributed by atoms with Gasteiger partial charge in [0.05, 0.1) is 6.26 Å². The molecule has 1 aliphatic rings. The minimum atomic E-state index is -0.282. The molecule has 1 aromatic heterocycles. The lowest BCUT2D eigenvalue weighted by atomic mass is 9.92. The van der Waals surface area contributed by atoms with E-state index in [1.165, 1.54) is 12.7 Å². The van der Waals surface area contributed by atoms with Gasteiger partial charge in [-0.2, -0.15) is 0 Å². The third-order valence-electron chi connectivity index (χ3n) is 3.12. The Kier molecular flexibility index (Phi) is 4.01. The Morgan fingerprint density at radius 2 is 2.11 bits per heavy atom. The highest BCUT2D eigenvalue weighted by Gasteiger charge is 2.24. The van der Waals surface area contributed by atoms with Crippen molar-refractivity contribution in [1.82, 2.24) is 10.2 Å². The average Bonchev–Trinajstić information content (AvgIpc) is 2.80. The molecule has 0 spiro atoms. The fourth-order valence-corrected chi connectivity index (χ4v) is 2.72. The summed E-state index contributed by atoms with van der Waals surface area (Å²) in [7, 11) is 0. The van der Waals surface area contributed by atoms with Crippen molar-refractivity contribution in [3.63, 3.8) is 0 Å². The number of amides is 1. The highest BCUT2D eigenvalue weighted by Crippen LogP contribution is 2.20. The van der Waals surface area contributed by atoms with Crippen LogP contribution in [0.5, 0.6) is 0 Å². The van der Waals surface area contributed by atoms with Gasteiger partial charge in [0.15, 0.2) is 10.9 Å². The summed E-state index contributed by atoms with van der Waals surface area (Å²) < 4.78 is 5.04. The summed E-state index contributed by atoms with van der Waals surface area (Å²) in [6.45, 7) is 6.22. The molecule has 0 aromatic carbocycles. The summed E-state index contributed by atoms with van der Waals surface area (Å²) in [4.78, 5) is 13.9. The van der Waals surface area contributed by atoms with E-state index < -0.39 is 0 Å². The molecule has 0 radical (unpaired) electrons. The van der Waals surface area contributed by atoms with Crippen LogP contribution in [0, 0.1) is 11.8 Å². The van der Waals surface area contributed by atoms with Gasteiger partial charge in [0.1, 0.15) is 0 Å². The zero-order valence-corrected chi connectivity index (χ0v) is 11.5. The van der Waals surface area contributed by atoms with E-state index in [0.29, 0.717) is 16.9 Å². The number of hydrogen-bond acceptors (Lipinski definition) is 3. The number of hydrogen-bond donors (Lipinski definition) is 1. The van der Waals surface area contributed by atoms with Crippen molar-refractivity contribution < 1.29 is 9.21 Å². The first kappa shape index (κ1) is 13.1. The molecular formula is C13H18N2O2S. The zero-order chi connectivity index (χ0) is 13.1. The molecular weight excluding hydrogens is 248 g/mol. The standard InChI is InChI=1S/C13H18N2O2S/c1-9-6-10(2)8-15(7-9)13(18)14-12(16)11-4-3-5-17-11/h3-5,9-10H,6-8H2,1-2H3,(H,14,16,18). The number of thiocarbonyl (C=S) groups is 1. The monoisotopic (exact) mass is 266 g/mol. The summed E-state index contributed by atoms with van der Waals surface area (Å²) in [5, 5.41) is 3.21. The molecule has 1 fully saturated rings. The quantitative estimate of drug-likeness (QED) is 0.792. The van der Waals surface area contributed by atoms with Crippen molar-refractivity contribution >= 4 is 23.2 Å². The number of carbonyl (C=O) groups is 1. The molecule has 0 bridgehead atoms. The topological polar surface area (TPSA) is 45.5 Å². The van der Waals surface area contributed by atoms with Gasteiger partial charge < -0.3 is 9.32 Å². The van der Waals surface area contributed by atoms with Crippen molar-refractivity contribution in [3.8, 4) is 0 Å². The van der Waals surface area contributed by atoms with Crippen LogP contribution in [0.3, 0.4) is 0 Å². The summed E-state index contributed by atoms with van der Waals surface area (Å²) in [6.07, 6.45) is 2.69. The van der Waals surface area contributed by atoms with E-state index in [4.69, 9.17) is 16.6 Å². The Hall–Kier alpha value is -1.36. The second-order valence-corrected chi connectivity index (χ2v) is 5.47. The Balaban J connectivity index is 1.93. The van der Waals surface area contributed by atoms with Crippen LogP contribution in [-0.2, 0) is 0 Å². The Bertz CT molecular complexity index is 420. The second kappa shape index (κ2) is 5.52. The molecule has 2 atom stereocenters. The van der Waals surface area contributed by atoms with Gasteiger partial charge in [0.2, 0.25) is 0 Å². The van der Waals surface area contributed by atoms with Crippen molar-refractivity contribution in [2.75, 3.05) is 13.1 Å². The number of nitrogens with zero attached hydrogens (tertiary/aromatic N) is 1. The van der Waals surface area contributed by atoms with Gasteiger partial charge in [-0.05, 0) is 42.6 Å². The maximum atomic E-state index is 11.8. The maximum absolute atomic E-state index is 11.8. The third kappa shape index (κ3) is 3.10. The van der Waals surface area contributed by atoms with Crippen LogP contribution in [0.25, 0.3) is 0 Å². The van der Waals surface area contributed by atoms with Gasteiger partial charge in [-0.15, -0.1) is 0 Å². The van der Waals surface area contributed by atoms with E-state index in [0.717, 1.165) is 13.1 Å². The molecule has 5 heteroatoms. The molecule has 4 nitrogen and oxygen atoms in total. The Morgan fingerprint density at radius 3 is 2.67 bits per heavy atom. The molecule has 2 rings (SSSR count). The fraction of sp³-hybridized carbons (Fsp3) is 0.538. The summed E-state index contributed by atoms with van der Waals surface area (Å²) in [5.74, 6) is 1.21. The van der Waals surface area contributed by atoms with Crippen LogP contribution >= 0.6 is 12.2 Å². The smallest absolute Gasteiger partial charge is 0.293 e. The fourth-order valence-electron chi connectivity index (χ4n) is 2.47. The molecule has 1 N–H and O–H groups in total. The van der Waals surface area contributed by atoms with Gasteiger partial charge >= 0.3 is 0 Å². The van der Waals surface area contributed by atoms with Crippen LogP contribution in [0.4, 0.5) is 0 Å². The number of furan rings is 1. The van der Waals surface area contributed by atoms with Gasteiger partial charge in [0, 0.05) is 13.1 Å². The molecule has 2 unspecified atom stereocenters. The van der Waals surface area contributed by atoms with Gasteiger partial charge in [-0.3, -0.25) is 10.1 Å². The van der Waals surface area contributed by atoms with Crippen LogP contribution in [0.1, 0.15) is 30.8 Å². The molecule has 1 aromatic rings. The predicted octanol–water partition coefficient (Wildman–Crippen LogP) is 2.27. The maximum Gasteiger partial charge on any atom is 0.293 e. The normalized spacial score (nSPS) is 23.8. The number of nitrogens with one attached hydrogen (secondary N) is 1. The molecule has 1 saturated heterocycles. The Morgan fingerprint density at radius 1 is 1.44 bits per heavy atom. The first-order valence-corrected chi connectivity index (χ1v) is 6.61.